The number of piperazine rings is 1. The van der Waals surface area contributed by atoms with Gasteiger partial charge in [0.15, 0.2) is 11.5 Å². The first-order chi connectivity index (χ1) is 16.2. The molecule has 0 spiro atoms. The minimum absolute atomic E-state index is 0. The van der Waals surface area contributed by atoms with Gasteiger partial charge in [0.25, 0.3) is 5.91 Å². The lowest BCUT2D eigenvalue weighted by atomic mass is 9.93. The van der Waals surface area contributed by atoms with E-state index in [-0.39, 0.29) is 36.2 Å². The van der Waals surface area contributed by atoms with Crippen LogP contribution in [0.1, 0.15) is 47.8 Å². The van der Waals surface area contributed by atoms with Gasteiger partial charge < -0.3 is 14.8 Å². The lowest BCUT2D eigenvalue weighted by molar-refractivity contribution is -0.123. The smallest absolute Gasteiger partial charge is 0.275 e. The second-order valence-electron chi connectivity index (χ2n) is 8.99. The number of benzene rings is 2. The van der Waals surface area contributed by atoms with Gasteiger partial charge >= 0.3 is 0 Å². The fraction of sp³-hybridized carbons (Fsp3) is 0.370. The minimum Gasteiger partial charge on any atom is -0.331 e. The summed E-state index contributed by atoms with van der Waals surface area (Å²) in [5.74, 6) is 0.178. The number of halogens is 1. The number of aromatic nitrogens is 2. The van der Waals surface area contributed by atoms with Crippen LogP contribution in [-0.2, 0) is 11.2 Å². The number of hydrogen-bond acceptors (Lipinski definition) is 4. The molecule has 5 rings (SSSR count). The van der Waals surface area contributed by atoms with E-state index in [2.05, 4.69) is 22.4 Å². The molecule has 6 nitrogen and oxygen atoms in total. The highest BCUT2D eigenvalue weighted by Gasteiger charge is 2.34. The van der Waals surface area contributed by atoms with Crippen molar-refractivity contribution < 1.29 is 9.59 Å². The Morgan fingerprint density at radius 1 is 1.03 bits per heavy atom. The molecule has 3 aromatic rings. The number of nitrogens with one attached hydrogen (secondary N) is 1. The Bertz CT molecular complexity index is 1120. The number of hydrogen-bond donors (Lipinski definition) is 1. The molecule has 1 amide bonds. The van der Waals surface area contributed by atoms with Crippen LogP contribution in [0.25, 0.3) is 11.3 Å². The average molecular weight is 479 g/mol. The Hall–Kier alpha value is -2.96. The molecule has 2 heterocycles. The third kappa shape index (κ3) is 4.93. The Labute approximate surface area is 206 Å². The fourth-order valence-corrected chi connectivity index (χ4v) is 5.13. The lowest BCUT2D eigenvalue weighted by Crippen LogP contribution is -2.54. The van der Waals surface area contributed by atoms with Crippen LogP contribution in [0.3, 0.4) is 0 Å². The van der Waals surface area contributed by atoms with Gasteiger partial charge in [-0.1, -0.05) is 67.1 Å². The van der Waals surface area contributed by atoms with E-state index in [1.54, 1.807) is 6.33 Å². The zero-order valence-electron chi connectivity index (χ0n) is 19.2. The second-order valence-corrected chi connectivity index (χ2v) is 8.99. The standard InChI is InChI=1S/C27H30N4O2.ClH/c32-24-14-8-7-13-23(24)31-19-29-25(26(31)21-11-5-2-6-12-21)27(33)30-16-15-28-18-22(30)17-20-9-3-1-4-10-20;/h1-6,9-12,19,22-23,28H,7-8,13-18H2;1H/t22-,23-;/m1./s1. The Balaban J connectivity index is 0.00000274. The number of nitrogens with zero attached hydrogens (tertiary/aromatic N) is 3. The molecular weight excluding hydrogens is 448 g/mol. The molecule has 1 aromatic heterocycles. The monoisotopic (exact) mass is 478 g/mol. The number of carbonyl (C=O) groups excluding carboxylic acids is 2. The van der Waals surface area contributed by atoms with Crippen LogP contribution < -0.4 is 5.32 Å². The topological polar surface area (TPSA) is 67.2 Å². The third-order valence-electron chi connectivity index (χ3n) is 6.83. The summed E-state index contributed by atoms with van der Waals surface area (Å²) in [4.78, 5) is 33.3. The predicted molar refractivity (Wildman–Crippen MR) is 135 cm³/mol. The van der Waals surface area contributed by atoms with Gasteiger partial charge in [-0.05, 0) is 24.8 Å². The van der Waals surface area contributed by atoms with Gasteiger partial charge in [-0.25, -0.2) is 4.98 Å². The number of ketones is 1. The first kappa shape index (κ1) is 24.2. The molecule has 7 heteroatoms. The molecule has 1 saturated heterocycles. The zero-order valence-corrected chi connectivity index (χ0v) is 20.0. The van der Waals surface area contributed by atoms with Crippen molar-refractivity contribution in [3.63, 3.8) is 0 Å². The molecule has 1 N–H and O–H groups in total. The minimum atomic E-state index is -0.244. The van der Waals surface area contributed by atoms with Gasteiger partial charge in [-0.2, -0.15) is 0 Å². The van der Waals surface area contributed by atoms with Crippen molar-refractivity contribution in [3.05, 3.63) is 78.2 Å². The van der Waals surface area contributed by atoms with Crippen LogP contribution in [-0.4, -0.2) is 51.8 Å². The Morgan fingerprint density at radius 2 is 1.76 bits per heavy atom. The van der Waals surface area contributed by atoms with Crippen molar-refractivity contribution in [2.24, 2.45) is 0 Å². The summed E-state index contributed by atoms with van der Waals surface area (Å²) in [5.41, 5.74) is 3.34. The summed E-state index contributed by atoms with van der Waals surface area (Å²) in [6.07, 6.45) is 5.85. The predicted octanol–water partition coefficient (Wildman–Crippen LogP) is 4.31. The molecule has 0 unspecified atom stereocenters. The van der Waals surface area contributed by atoms with E-state index in [1.165, 1.54) is 5.56 Å². The van der Waals surface area contributed by atoms with Crippen LogP contribution in [0, 0.1) is 0 Å². The summed E-state index contributed by atoms with van der Waals surface area (Å²) >= 11 is 0. The van der Waals surface area contributed by atoms with Crippen molar-refractivity contribution in [3.8, 4) is 11.3 Å². The van der Waals surface area contributed by atoms with Crippen molar-refractivity contribution in [1.29, 1.82) is 0 Å². The molecule has 2 aromatic carbocycles. The molecule has 1 aliphatic carbocycles. The third-order valence-corrected chi connectivity index (χ3v) is 6.83. The quantitative estimate of drug-likeness (QED) is 0.593. The van der Waals surface area contributed by atoms with Gasteiger partial charge in [-0.15, -0.1) is 12.4 Å². The second kappa shape index (κ2) is 11.0. The van der Waals surface area contributed by atoms with E-state index in [1.807, 2.05) is 58.0 Å². The van der Waals surface area contributed by atoms with E-state index in [4.69, 9.17) is 0 Å². The molecule has 0 bridgehead atoms. The van der Waals surface area contributed by atoms with Crippen LogP contribution in [0.5, 0.6) is 0 Å². The fourth-order valence-electron chi connectivity index (χ4n) is 5.13. The molecule has 2 aliphatic rings. The summed E-state index contributed by atoms with van der Waals surface area (Å²) < 4.78 is 1.96. The number of Topliss-reactive ketones (excluding diaryl/α,β-unsaturated/α-hetero) is 1. The summed E-state index contributed by atoms with van der Waals surface area (Å²) in [6, 6.07) is 20.0. The molecule has 178 valence electrons. The van der Waals surface area contributed by atoms with Crippen molar-refractivity contribution in [1.82, 2.24) is 19.8 Å². The maximum atomic E-state index is 13.9. The van der Waals surface area contributed by atoms with E-state index in [0.717, 1.165) is 50.0 Å². The number of rotatable bonds is 5. The maximum Gasteiger partial charge on any atom is 0.275 e. The van der Waals surface area contributed by atoms with Crippen LogP contribution in [0.2, 0.25) is 0 Å². The van der Waals surface area contributed by atoms with Crippen LogP contribution >= 0.6 is 12.4 Å². The molecular formula is C27H31ClN4O2. The SMILES string of the molecule is Cl.O=C1CCCC[C@H]1n1cnc(C(=O)N2CCNC[C@H]2Cc2ccccc2)c1-c1ccccc1. The van der Waals surface area contributed by atoms with Gasteiger partial charge in [-0.3, -0.25) is 9.59 Å². The van der Waals surface area contributed by atoms with Crippen LogP contribution in [0.4, 0.5) is 0 Å². The molecule has 2 atom stereocenters. The highest BCUT2D eigenvalue weighted by molar-refractivity contribution is 5.99. The zero-order chi connectivity index (χ0) is 22.6. The van der Waals surface area contributed by atoms with E-state index >= 15 is 0 Å². The van der Waals surface area contributed by atoms with Gasteiger partial charge in [0, 0.05) is 37.7 Å². The van der Waals surface area contributed by atoms with Crippen LogP contribution in [0.15, 0.2) is 67.0 Å². The number of amides is 1. The van der Waals surface area contributed by atoms with Crippen molar-refractivity contribution >= 4 is 24.1 Å². The first-order valence-electron chi connectivity index (χ1n) is 11.9. The highest BCUT2D eigenvalue weighted by atomic mass is 35.5. The maximum absolute atomic E-state index is 13.9. The molecule has 1 saturated carbocycles. The van der Waals surface area contributed by atoms with Gasteiger partial charge in [0.05, 0.1) is 18.1 Å². The molecule has 2 fully saturated rings. The molecule has 0 radical (unpaired) electrons. The first-order valence-corrected chi connectivity index (χ1v) is 11.9. The summed E-state index contributed by atoms with van der Waals surface area (Å²) in [7, 11) is 0. The van der Waals surface area contributed by atoms with Gasteiger partial charge in [0.2, 0.25) is 0 Å². The number of carbonyl (C=O) groups is 2. The summed E-state index contributed by atoms with van der Waals surface area (Å²) in [6.45, 7) is 2.16. The average Bonchev–Trinajstić information content (AvgIpc) is 3.30. The van der Waals surface area contributed by atoms with Crippen molar-refractivity contribution in [2.45, 2.75) is 44.2 Å². The number of imidazole rings is 1. The largest absolute Gasteiger partial charge is 0.331 e. The Kier molecular flexibility index (Phi) is 7.80. The van der Waals surface area contributed by atoms with Crippen molar-refractivity contribution in [2.75, 3.05) is 19.6 Å². The molecule has 34 heavy (non-hydrogen) atoms. The van der Waals surface area contributed by atoms with E-state index < -0.39 is 0 Å². The lowest BCUT2D eigenvalue weighted by Gasteiger charge is -2.36. The summed E-state index contributed by atoms with van der Waals surface area (Å²) in [5, 5.41) is 3.44. The highest BCUT2D eigenvalue weighted by Crippen LogP contribution is 2.33. The van der Waals surface area contributed by atoms with Gasteiger partial charge in [0.1, 0.15) is 0 Å². The Morgan fingerprint density at radius 3 is 2.50 bits per heavy atom. The normalized spacial score (nSPS) is 20.6. The van der Waals surface area contributed by atoms with E-state index in [9.17, 15) is 9.59 Å². The molecule has 1 aliphatic heterocycles. The van der Waals surface area contributed by atoms with E-state index in [0.29, 0.717) is 18.7 Å².